The summed E-state index contributed by atoms with van der Waals surface area (Å²) in [7, 11) is 3.84. The molecular formula is C31H34N2O4. The number of likely N-dealkylation sites (tertiary alicyclic amines) is 1. The molecule has 1 saturated heterocycles. The Morgan fingerprint density at radius 3 is 2.30 bits per heavy atom. The number of ether oxygens (including phenoxy) is 1. The fourth-order valence-electron chi connectivity index (χ4n) is 4.53. The lowest BCUT2D eigenvalue weighted by atomic mass is 9.94. The van der Waals surface area contributed by atoms with Gasteiger partial charge < -0.3 is 19.6 Å². The van der Waals surface area contributed by atoms with Gasteiger partial charge in [0.2, 0.25) is 0 Å². The van der Waals surface area contributed by atoms with Crippen molar-refractivity contribution in [1.82, 2.24) is 9.80 Å². The number of Topliss-reactive ketones (excluding diaryl/α,β-unsaturated/α-hetero) is 1. The summed E-state index contributed by atoms with van der Waals surface area (Å²) in [5, 5.41) is 11.3. The summed E-state index contributed by atoms with van der Waals surface area (Å²) in [4.78, 5) is 29.8. The van der Waals surface area contributed by atoms with Crippen LogP contribution in [0.25, 0.3) is 5.76 Å². The highest BCUT2D eigenvalue weighted by molar-refractivity contribution is 6.46. The molecule has 6 heteroatoms. The third-order valence-corrected chi connectivity index (χ3v) is 6.65. The van der Waals surface area contributed by atoms with E-state index in [4.69, 9.17) is 4.74 Å². The lowest BCUT2D eigenvalue weighted by Crippen LogP contribution is -2.35. The van der Waals surface area contributed by atoms with Crippen molar-refractivity contribution in [3.63, 3.8) is 0 Å². The summed E-state index contributed by atoms with van der Waals surface area (Å²) in [6, 6.07) is 22.3. The number of hydrogen-bond acceptors (Lipinski definition) is 5. The largest absolute Gasteiger partial charge is 0.507 e. The molecule has 1 N–H and O–H groups in total. The van der Waals surface area contributed by atoms with Crippen molar-refractivity contribution in [2.45, 2.75) is 32.9 Å². The standard InChI is InChI=1S/C31H34N2O4/c1-5-22-9-11-24(12-10-22)28-27(30(35)31(36)33(28)18-17-32(3)4)29(34)25-13-15-26(16-14-25)37-20-23-8-6-7-21(2)19-23/h6-16,19,28,34H,5,17-18,20H2,1-4H3/b29-27-. The molecule has 1 heterocycles. The first-order valence-corrected chi connectivity index (χ1v) is 12.6. The third kappa shape index (κ3) is 5.92. The minimum absolute atomic E-state index is 0.112. The molecule has 0 radical (unpaired) electrons. The van der Waals surface area contributed by atoms with Crippen LogP contribution in [0.1, 0.15) is 40.8 Å². The Bertz CT molecular complexity index is 1290. The van der Waals surface area contributed by atoms with Gasteiger partial charge in [-0.2, -0.15) is 0 Å². The summed E-state index contributed by atoms with van der Waals surface area (Å²) in [6.45, 7) is 5.52. The summed E-state index contributed by atoms with van der Waals surface area (Å²) in [5.74, 6) is -0.789. The van der Waals surface area contributed by atoms with E-state index in [1.54, 1.807) is 29.2 Å². The maximum absolute atomic E-state index is 13.2. The minimum Gasteiger partial charge on any atom is -0.507 e. The van der Waals surface area contributed by atoms with Gasteiger partial charge in [-0.3, -0.25) is 9.59 Å². The zero-order chi connectivity index (χ0) is 26.5. The van der Waals surface area contributed by atoms with Crippen LogP contribution < -0.4 is 4.74 Å². The number of amides is 1. The number of ketones is 1. The van der Waals surface area contributed by atoms with E-state index in [0.29, 0.717) is 31.0 Å². The van der Waals surface area contributed by atoms with Crippen LogP contribution in [0.4, 0.5) is 0 Å². The molecule has 4 rings (SSSR count). The molecule has 1 amide bonds. The predicted molar refractivity (Wildman–Crippen MR) is 145 cm³/mol. The lowest BCUT2D eigenvalue weighted by molar-refractivity contribution is -0.140. The Hall–Kier alpha value is -3.90. The van der Waals surface area contributed by atoms with Crippen LogP contribution in [-0.2, 0) is 22.6 Å². The van der Waals surface area contributed by atoms with Crippen molar-refractivity contribution >= 4 is 17.4 Å². The van der Waals surface area contributed by atoms with Gasteiger partial charge in [-0.1, -0.05) is 61.0 Å². The number of benzene rings is 3. The lowest BCUT2D eigenvalue weighted by Gasteiger charge is -2.26. The zero-order valence-electron chi connectivity index (χ0n) is 21.9. The van der Waals surface area contributed by atoms with Gasteiger partial charge >= 0.3 is 0 Å². The SMILES string of the molecule is CCc1ccc(C2/C(=C(/O)c3ccc(OCc4cccc(C)c4)cc3)C(=O)C(=O)N2CCN(C)C)cc1. The number of aliphatic hydroxyl groups is 1. The normalized spacial score (nSPS) is 17.0. The first kappa shape index (κ1) is 26.2. The van der Waals surface area contributed by atoms with Gasteiger partial charge in [0.15, 0.2) is 0 Å². The Labute approximate surface area is 218 Å². The maximum Gasteiger partial charge on any atom is 0.295 e. The van der Waals surface area contributed by atoms with Crippen LogP contribution in [0.2, 0.25) is 0 Å². The summed E-state index contributed by atoms with van der Waals surface area (Å²) < 4.78 is 5.90. The van der Waals surface area contributed by atoms with Gasteiger partial charge in [-0.25, -0.2) is 0 Å². The topological polar surface area (TPSA) is 70.1 Å². The van der Waals surface area contributed by atoms with Crippen molar-refractivity contribution in [2.24, 2.45) is 0 Å². The smallest absolute Gasteiger partial charge is 0.295 e. The van der Waals surface area contributed by atoms with E-state index in [2.05, 4.69) is 13.0 Å². The van der Waals surface area contributed by atoms with Gasteiger partial charge in [0.1, 0.15) is 18.1 Å². The van der Waals surface area contributed by atoms with Crippen LogP contribution in [0.3, 0.4) is 0 Å². The van der Waals surface area contributed by atoms with Gasteiger partial charge in [0.05, 0.1) is 11.6 Å². The van der Waals surface area contributed by atoms with Gasteiger partial charge in [-0.15, -0.1) is 0 Å². The van der Waals surface area contributed by atoms with Crippen LogP contribution >= 0.6 is 0 Å². The molecule has 1 fully saturated rings. The van der Waals surface area contributed by atoms with E-state index >= 15 is 0 Å². The number of carbonyl (C=O) groups is 2. The van der Waals surface area contributed by atoms with Crippen LogP contribution in [0, 0.1) is 6.92 Å². The fourth-order valence-corrected chi connectivity index (χ4v) is 4.53. The summed E-state index contributed by atoms with van der Waals surface area (Å²) in [5.41, 5.74) is 4.77. The van der Waals surface area contributed by atoms with E-state index in [1.165, 1.54) is 5.56 Å². The molecule has 0 bridgehead atoms. The van der Waals surface area contributed by atoms with E-state index in [9.17, 15) is 14.7 Å². The molecule has 6 nitrogen and oxygen atoms in total. The molecule has 1 unspecified atom stereocenters. The quantitative estimate of drug-likeness (QED) is 0.252. The maximum atomic E-state index is 13.2. The van der Waals surface area contributed by atoms with E-state index in [1.807, 2.05) is 68.4 Å². The number of carbonyl (C=O) groups excluding carboxylic acids is 2. The molecule has 37 heavy (non-hydrogen) atoms. The molecule has 1 aliphatic heterocycles. The molecule has 1 aliphatic rings. The molecule has 0 aromatic heterocycles. The van der Waals surface area contributed by atoms with Gasteiger partial charge in [-0.05, 0) is 68.4 Å². The van der Waals surface area contributed by atoms with Crippen LogP contribution in [0.15, 0.2) is 78.4 Å². The minimum atomic E-state index is -0.666. The van der Waals surface area contributed by atoms with Crippen molar-refractivity contribution in [2.75, 3.05) is 27.2 Å². The highest BCUT2D eigenvalue weighted by Crippen LogP contribution is 2.39. The molecule has 3 aromatic rings. The van der Waals surface area contributed by atoms with Crippen molar-refractivity contribution in [3.05, 3.63) is 106 Å². The molecule has 192 valence electrons. The molecule has 0 spiro atoms. The highest BCUT2D eigenvalue weighted by atomic mass is 16.5. The van der Waals surface area contributed by atoms with Gasteiger partial charge in [0.25, 0.3) is 11.7 Å². The van der Waals surface area contributed by atoms with E-state index < -0.39 is 17.7 Å². The number of nitrogens with zero attached hydrogens (tertiary/aromatic N) is 2. The fraction of sp³-hybridized carbons (Fsp3) is 0.290. The average molecular weight is 499 g/mol. The number of aliphatic hydroxyl groups excluding tert-OH is 1. The number of rotatable bonds is 9. The Kier molecular flexibility index (Phi) is 8.09. The second kappa shape index (κ2) is 11.4. The van der Waals surface area contributed by atoms with E-state index in [-0.39, 0.29) is 11.3 Å². The van der Waals surface area contributed by atoms with Crippen molar-refractivity contribution in [1.29, 1.82) is 0 Å². The van der Waals surface area contributed by atoms with Crippen molar-refractivity contribution < 1.29 is 19.4 Å². The Balaban J connectivity index is 1.64. The van der Waals surface area contributed by atoms with Crippen LogP contribution in [0.5, 0.6) is 5.75 Å². The Morgan fingerprint density at radius 1 is 0.973 bits per heavy atom. The summed E-state index contributed by atoms with van der Waals surface area (Å²) >= 11 is 0. The van der Waals surface area contributed by atoms with E-state index in [0.717, 1.165) is 23.1 Å². The Morgan fingerprint density at radius 2 is 1.68 bits per heavy atom. The first-order chi connectivity index (χ1) is 17.8. The molecular weight excluding hydrogens is 464 g/mol. The highest BCUT2D eigenvalue weighted by Gasteiger charge is 2.45. The predicted octanol–water partition coefficient (Wildman–Crippen LogP) is 5.12. The van der Waals surface area contributed by atoms with Crippen molar-refractivity contribution in [3.8, 4) is 5.75 Å². The molecule has 1 atom stereocenters. The third-order valence-electron chi connectivity index (χ3n) is 6.65. The molecule has 3 aromatic carbocycles. The van der Waals surface area contributed by atoms with Gasteiger partial charge in [0, 0.05) is 18.7 Å². The first-order valence-electron chi connectivity index (χ1n) is 12.6. The molecule has 0 saturated carbocycles. The number of hydrogen-bond donors (Lipinski definition) is 1. The monoisotopic (exact) mass is 498 g/mol. The number of aryl methyl sites for hydroxylation is 2. The second-order valence-corrected chi connectivity index (χ2v) is 9.69. The zero-order valence-corrected chi connectivity index (χ0v) is 21.9. The number of likely N-dealkylation sites (N-methyl/N-ethyl adjacent to an activating group) is 1. The second-order valence-electron chi connectivity index (χ2n) is 9.69. The van der Waals surface area contributed by atoms with Crippen LogP contribution in [-0.4, -0.2) is 53.8 Å². The average Bonchev–Trinajstić information content (AvgIpc) is 3.15. The molecule has 0 aliphatic carbocycles. The summed E-state index contributed by atoms with van der Waals surface area (Å²) in [6.07, 6.45) is 0.888.